The average molecular weight is 150 g/mol. The summed E-state index contributed by atoms with van der Waals surface area (Å²) in [7, 11) is 0. The maximum absolute atomic E-state index is 8.62. The summed E-state index contributed by atoms with van der Waals surface area (Å²) in [5.74, 6) is 2.09. The number of ether oxygens (including phenoxy) is 1. The molecular formula is C6H14O2S. The highest BCUT2D eigenvalue weighted by atomic mass is 32.2. The first kappa shape index (κ1) is 9.27. The van der Waals surface area contributed by atoms with E-state index in [1.807, 2.05) is 11.8 Å². The number of rotatable bonds is 5. The van der Waals surface area contributed by atoms with Crippen molar-refractivity contribution in [3.05, 3.63) is 0 Å². The molecule has 0 aliphatic rings. The van der Waals surface area contributed by atoms with E-state index in [0.29, 0.717) is 6.61 Å². The van der Waals surface area contributed by atoms with Crippen LogP contribution in [0.25, 0.3) is 0 Å². The molecule has 0 saturated carbocycles. The number of hydrogen-bond acceptors (Lipinski definition) is 3. The smallest absolute Gasteiger partial charge is 0.151 e. The van der Waals surface area contributed by atoms with E-state index in [1.54, 1.807) is 6.92 Å². The van der Waals surface area contributed by atoms with E-state index in [1.165, 1.54) is 0 Å². The summed E-state index contributed by atoms with van der Waals surface area (Å²) in [5.41, 5.74) is 0. The van der Waals surface area contributed by atoms with Crippen LogP contribution < -0.4 is 0 Å². The molecule has 9 heavy (non-hydrogen) atoms. The number of hydrogen-bond donors (Lipinski definition) is 1. The Bertz CT molecular complexity index is 57.0. The molecule has 0 amide bonds. The monoisotopic (exact) mass is 150 g/mol. The number of aliphatic hydroxyl groups is 1. The molecule has 0 aromatic heterocycles. The van der Waals surface area contributed by atoms with Gasteiger partial charge in [0.2, 0.25) is 0 Å². The third kappa shape index (κ3) is 8.27. The standard InChI is InChI=1S/C6H14O2S/c1-3-9-5-4-8-6(2)7/h6-7H,3-5H2,1-2H3. The van der Waals surface area contributed by atoms with Crippen molar-refractivity contribution in [1.29, 1.82) is 0 Å². The molecule has 0 aliphatic heterocycles. The fourth-order valence-electron chi connectivity index (χ4n) is 0.422. The third-order valence-electron chi connectivity index (χ3n) is 0.791. The SMILES string of the molecule is CCSCCOC(C)O. The molecule has 1 N–H and O–H groups in total. The Labute approximate surface area is 60.6 Å². The van der Waals surface area contributed by atoms with Gasteiger partial charge in [0.15, 0.2) is 6.29 Å². The molecule has 3 heteroatoms. The summed E-state index contributed by atoms with van der Waals surface area (Å²) in [6.45, 7) is 4.37. The van der Waals surface area contributed by atoms with Crippen molar-refractivity contribution in [2.75, 3.05) is 18.1 Å². The minimum atomic E-state index is -0.609. The van der Waals surface area contributed by atoms with Gasteiger partial charge < -0.3 is 9.84 Å². The summed E-state index contributed by atoms with van der Waals surface area (Å²) >= 11 is 1.81. The molecule has 0 heterocycles. The van der Waals surface area contributed by atoms with Crippen LogP contribution in [-0.2, 0) is 4.74 Å². The van der Waals surface area contributed by atoms with Crippen molar-refractivity contribution >= 4 is 11.8 Å². The molecule has 0 aliphatic carbocycles. The fourth-order valence-corrected chi connectivity index (χ4v) is 0.925. The van der Waals surface area contributed by atoms with Crippen molar-refractivity contribution in [2.45, 2.75) is 20.1 Å². The summed E-state index contributed by atoms with van der Waals surface area (Å²) in [6.07, 6.45) is -0.609. The highest BCUT2D eigenvalue weighted by Crippen LogP contribution is 1.97. The van der Waals surface area contributed by atoms with Crippen LogP contribution in [0.2, 0.25) is 0 Å². The lowest BCUT2D eigenvalue weighted by molar-refractivity contribution is -0.0790. The van der Waals surface area contributed by atoms with Crippen LogP contribution in [0.1, 0.15) is 13.8 Å². The summed E-state index contributed by atoms with van der Waals surface area (Å²) in [6, 6.07) is 0. The molecular weight excluding hydrogens is 136 g/mol. The van der Waals surface area contributed by atoms with E-state index in [-0.39, 0.29) is 0 Å². The van der Waals surface area contributed by atoms with Gasteiger partial charge in [-0.25, -0.2) is 0 Å². The summed E-state index contributed by atoms with van der Waals surface area (Å²) < 4.78 is 4.88. The molecule has 0 aromatic rings. The normalized spacial score (nSPS) is 13.7. The van der Waals surface area contributed by atoms with Crippen LogP contribution in [-0.4, -0.2) is 29.5 Å². The zero-order chi connectivity index (χ0) is 7.11. The Hall–Kier alpha value is 0.270. The van der Waals surface area contributed by atoms with Crippen molar-refractivity contribution < 1.29 is 9.84 Å². The van der Waals surface area contributed by atoms with Crippen molar-refractivity contribution in [1.82, 2.24) is 0 Å². The van der Waals surface area contributed by atoms with E-state index >= 15 is 0 Å². The van der Waals surface area contributed by atoms with Crippen molar-refractivity contribution in [2.24, 2.45) is 0 Å². The maximum atomic E-state index is 8.62. The van der Waals surface area contributed by atoms with E-state index in [0.717, 1.165) is 11.5 Å². The molecule has 0 saturated heterocycles. The van der Waals surface area contributed by atoms with Crippen molar-refractivity contribution in [3.63, 3.8) is 0 Å². The van der Waals surface area contributed by atoms with Crippen LogP contribution >= 0.6 is 11.8 Å². The minimum absolute atomic E-state index is 0.609. The summed E-state index contributed by atoms with van der Waals surface area (Å²) in [4.78, 5) is 0. The predicted molar refractivity (Wildman–Crippen MR) is 40.6 cm³/mol. The maximum Gasteiger partial charge on any atom is 0.151 e. The van der Waals surface area contributed by atoms with Crippen LogP contribution in [0.4, 0.5) is 0 Å². The molecule has 0 rings (SSSR count). The number of aliphatic hydroxyl groups excluding tert-OH is 1. The topological polar surface area (TPSA) is 29.5 Å². The molecule has 2 nitrogen and oxygen atoms in total. The van der Waals surface area contributed by atoms with Crippen molar-refractivity contribution in [3.8, 4) is 0 Å². The second-order valence-corrected chi connectivity index (χ2v) is 3.06. The van der Waals surface area contributed by atoms with Gasteiger partial charge in [0.1, 0.15) is 0 Å². The van der Waals surface area contributed by atoms with Gasteiger partial charge in [-0.15, -0.1) is 0 Å². The predicted octanol–water partition coefficient (Wildman–Crippen LogP) is 1.09. The van der Waals surface area contributed by atoms with Gasteiger partial charge in [0.25, 0.3) is 0 Å². The molecule has 0 fully saturated rings. The minimum Gasteiger partial charge on any atom is -0.368 e. The Morgan fingerprint density at radius 1 is 1.67 bits per heavy atom. The first-order valence-corrected chi connectivity index (χ1v) is 4.30. The molecule has 0 bridgehead atoms. The quantitative estimate of drug-likeness (QED) is 0.470. The highest BCUT2D eigenvalue weighted by Gasteiger charge is 1.91. The van der Waals surface area contributed by atoms with Crippen LogP contribution in [0.3, 0.4) is 0 Å². The van der Waals surface area contributed by atoms with Gasteiger partial charge in [0, 0.05) is 5.75 Å². The second kappa shape index (κ2) is 6.39. The van der Waals surface area contributed by atoms with Gasteiger partial charge in [-0.1, -0.05) is 6.92 Å². The lowest BCUT2D eigenvalue weighted by Crippen LogP contribution is -2.08. The highest BCUT2D eigenvalue weighted by molar-refractivity contribution is 7.99. The first-order chi connectivity index (χ1) is 4.27. The largest absolute Gasteiger partial charge is 0.368 e. The van der Waals surface area contributed by atoms with Gasteiger partial charge in [-0.3, -0.25) is 0 Å². The Morgan fingerprint density at radius 2 is 2.33 bits per heavy atom. The fraction of sp³-hybridized carbons (Fsp3) is 1.00. The van der Waals surface area contributed by atoms with Gasteiger partial charge in [-0.2, -0.15) is 11.8 Å². The van der Waals surface area contributed by atoms with Crippen LogP contribution in [0.15, 0.2) is 0 Å². The van der Waals surface area contributed by atoms with E-state index in [9.17, 15) is 0 Å². The first-order valence-electron chi connectivity index (χ1n) is 3.14. The molecule has 0 spiro atoms. The van der Waals surface area contributed by atoms with Gasteiger partial charge >= 0.3 is 0 Å². The zero-order valence-corrected chi connectivity index (χ0v) is 6.78. The zero-order valence-electron chi connectivity index (χ0n) is 5.96. The Kier molecular flexibility index (Phi) is 6.58. The van der Waals surface area contributed by atoms with Gasteiger partial charge in [0.05, 0.1) is 6.61 Å². The lowest BCUT2D eigenvalue weighted by Gasteiger charge is -2.04. The molecule has 1 atom stereocenters. The van der Waals surface area contributed by atoms with E-state index in [2.05, 4.69) is 6.92 Å². The Morgan fingerprint density at radius 3 is 2.78 bits per heavy atom. The van der Waals surface area contributed by atoms with Crippen LogP contribution in [0, 0.1) is 0 Å². The average Bonchev–Trinajstić information content (AvgIpc) is 1.80. The summed E-state index contributed by atoms with van der Waals surface area (Å²) in [5, 5.41) is 8.62. The van der Waals surface area contributed by atoms with Crippen LogP contribution in [0.5, 0.6) is 0 Å². The molecule has 1 unspecified atom stereocenters. The van der Waals surface area contributed by atoms with E-state index in [4.69, 9.17) is 9.84 Å². The lowest BCUT2D eigenvalue weighted by atomic mass is 10.7. The molecule has 56 valence electrons. The molecule has 0 aromatic carbocycles. The second-order valence-electron chi connectivity index (χ2n) is 1.67. The third-order valence-corrected chi connectivity index (χ3v) is 1.65. The van der Waals surface area contributed by atoms with Gasteiger partial charge in [-0.05, 0) is 12.7 Å². The number of thioether (sulfide) groups is 1. The Balaban J connectivity index is 2.75. The molecule has 0 radical (unpaired) electrons. The van der Waals surface area contributed by atoms with E-state index < -0.39 is 6.29 Å².